The molecule has 109 heavy (non-hydrogen) atoms. The zero-order chi connectivity index (χ0) is 72.1. The van der Waals surface area contributed by atoms with Crippen molar-refractivity contribution in [2.45, 2.75) is 30.1 Å². The van der Waals surface area contributed by atoms with Gasteiger partial charge in [0.25, 0.3) is 0 Å². The fourth-order valence-electron chi connectivity index (χ4n) is 18.6. The van der Waals surface area contributed by atoms with E-state index in [9.17, 15) is 0 Å². The molecule has 2 aliphatic heterocycles. The van der Waals surface area contributed by atoms with Crippen LogP contribution in [0.1, 0.15) is 69.5 Å². The molecule has 0 saturated heterocycles. The highest BCUT2D eigenvalue weighted by molar-refractivity contribution is 5.94. The molecule has 15 aromatic carbocycles. The lowest BCUT2D eigenvalue weighted by molar-refractivity contribution is 0.436. The largest absolute Gasteiger partial charge is 0.457 e. The van der Waals surface area contributed by atoms with Gasteiger partial charge >= 0.3 is 0 Å². The van der Waals surface area contributed by atoms with Crippen molar-refractivity contribution < 1.29 is 9.47 Å². The Hall–Kier alpha value is -13.9. The van der Waals surface area contributed by atoms with Crippen molar-refractivity contribution in [3.63, 3.8) is 0 Å². The van der Waals surface area contributed by atoms with E-state index >= 15 is 0 Å². The number of para-hydroxylation sites is 2. The number of nitrogens with zero attached hydrogens (tertiary/aromatic N) is 4. The van der Waals surface area contributed by atoms with Crippen LogP contribution >= 0.6 is 0 Å². The van der Waals surface area contributed by atoms with Gasteiger partial charge in [-0.1, -0.05) is 317 Å². The smallest absolute Gasteiger partial charge is 0.160 e. The summed E-state index contributed by atoms with van der Waals surface area (Å²) in [7, 11) is 0. The summed E-state index contributed by atoms with van der Waals surface area (Å²) in [6, 6.07) is 131. The molecule has 0 N–H and O–H groups in total. The van der Waals surface area contributed by atoms with E-state index in [1.54, 1.807) is 0 Å². The predicted molar refractivity (Wildman–Crippen MR) is 439 cm³/mol. The summed E-state index contributed by atoms with van der Waals surface area (Å²) in [5, 5.41) is 0. The highest BCUT2D eigenvalue weighted by Crippen LogP contribution is 2.65. The lowest BCUT2D eigenvalue weighted by Gasteiger charge is -2.39. The van der Waals surface area contributed by atoms with E-state index in [-0.39, 0.29) is 5.41 Å². The molecule has 1 atom stereocenters. The predicted octanol–water partition coefficient (Wildman–Crippen LogP) is 25.5. The highest BCUT2D eigenvalue weighted by atomic mass is 16.5. The normalized spacial score (nSPS) is 14.8. The molecule has 0 amide bonds. The molecule has 17 aromatic rings. The Balaban J connectivity index is 0.642. The van der Waals surface area contributed by atoms with Crippen molar-refractivity contribution in [3.05, 3.63) is 420 Å². The van der Waals surface area contributed by atoms with Crippen LogP contribution in [0.5, 0.6) is 23.0 Å². The summed E-state index contributed by atoms with van der Waals surface area (Å²) in [5.74, 6) is 4.68. The number of ether oxygens (including phenoxy) is 2. The van der Waals surface area contributed by atoms with Crippen LogP contribution in [0.25, 0.3) is 135 Å². The minimum Gasteiger partial charge on any atom is -0.457 e. The van der Waals surface area contributed by atoms with Crippen LogP contribution in [0.2, 0.25) is 0 Å². The van der Waals surface area contributed by atoms with Gasteiger partial charge in [0.15, 0.2) is 11.6 Å². The molecule has 0 fully saturated rings. The van der Waals surface area contributed by atoms with Gasteiger partial charge in [-0.05, 0) is 161 Å². The van der Waals surface area contributed by atoms with E-state index < -0.39 is 10.8 Å². The lowest BCUT2D eigenvalue weighted by atomic mass is 9.65. The highest BCUT2D eigenvalue weighted by Gasteiger charge is 2.53. The Kier molecular flexibility index (Phi) is 13.8. The summed E-state index contributed by atoms with van der Waals surface area (Å²) in [6.07, 6.45) is 0. The van der Waals surface area contributed by atoms with Gasteiger partial charge in [-0.25, -0.2) is 19.9 Å². The van der Waals surface area contributed by atoms with E-state index in [1.807, 2.05) is 24.3 Å². The maximum absolute atomic E-state index is 7.16. The van der Waals surface area contributed by atoms with Gasteiger partial charge in [-0.15, -0.1) is 0 Å². The van der Waals surface area contributed by atoms with Crippen LogP contribution < -0.4 is 9.47 Å². The summed E-state index contributed by atoms with van der Waals surface area (Å²) >= 11 is 0. The molecule has 0 saturated carbocycles. The zero-order valence-electron chi connectivity index (χ0n) is 59.7. The van der Waals surface area contributed by atoms with Crippen LogP contribution in [0.4, 0.5) is 0 Å². The third-order valence-corrected chi connectivity index (χ3v) is 23.7. The first-order valence-electron chi connectivity index (χ1n) is 37.5. The monoisotopic (exact) mass is 1390 g/mol. The maximum atomic E-state index is 7.16. The first-order valence-corrected chi connectivity index (χ1v) is 37.5. The summed E-state index contributed by atoms with van der Waals surface area (Å²) in [5.41, 5.74) is 33.8. The average molecular weight is 1390 g/mol. The average Bonchev–Trinajstić information content (AvgIpc) is 1.55. The lowest BCUT2D eigenvalue weighted by Crippen LogP contribution is -2.32. The topological polar surface area (TPSA) is 70.0 Å². The van der Waals surface area contributed by atoms with E-state index in [0.29, 0.717) is 11.6 Å². The molecule has 0 radical (unpaired) electrons. The van der Waals surface area contributed by atoms with Crippen LogP contribution in [0.3, 0.4) is 0 Å². The second kappa shape index (κ2) is 24.0. The first kappa shape index (κ1) is 62.4. The first-order chi connectivity index (χ1) is 53.7. The van der Waals surface area contributed by atoms with Gasteiger partial charge in [0.1, 0.15) is 23.0 Å². The van der Waals surface area contributed by atoms with Crippen molar-refractivity contribution in [2.75, 3.05) is 0 Å². The van der Waals surface area contributed by atoms with Crippen LogP contribution in [0.15, 0.2) is 364 Å². The van der Waals surface area contributed by atoms with Crippen molar-refractivity contribution in [1.29, 1.82) is 0 Å². The standard InChI is InChI=1S/C103H66N4O2/c1-101(2)81-35-13-9-31-75(81)79-52-48-73(58-89(79)101)94-62-92(65-45-43-63(44-46-65)70-49-53-87-97(59-70)108-95-41-19-17-39-85(95)102(87)82-36-14-10-32-76(82)77-33-11-15-37-83(77)102)105-100(107-94)74-30-22-28-68(56-74)69-47-51-80-78-34-12-16-38-84(78)103(90(80)57-69)86-40-18-20-42-96(86)109-98-60-71(50-54-88(98)103)67-27-21-29-72(55-67)93-61-91(64-23-5-3-6-24-64)104-99(106-93)66-25-7-4-8-26-66/h3-62H,1-2H3. The van der Waals surface area contributed by atoms with Gasteiger partial charge in [0.2, 0.25) is 0 Å². The molecule has 1 unspecified atom stereocenters. The van der Waals surface area contributed by atoms with Crippen molar-refractivity contribution in [2.24, 2.45) is 0 Å². The Morgan fingerprint density at radius 1 is 0.183 bits per heavy atom. The Labute approximate surface area is 632 Å². The molecule has 4 heterocycles. The molecule has 2 spiro atoms. The van der Waals surface area contributed by atoms with E-state index in [4.69, 9.17) is 29.4 Å². The molecule has 0 bridgehead atoms. The van der Waals surface area contributed by atoms with E-state index in [1.165, 1.54) is 66.8 Å². The summed E-state index contributed by atoms with van der Waals surface area (Å²) in [6.45, 7) is 4.68. The minimum absolute atomic E-state index is 0.203. The van der Waals surface area contributed by atoms with Gasteiger partial charge in [0, 0.05) is 61.0 Å². The zero-order valence-corrected chi connectivity index (χ0v) is 59.7. The van der Waals surface area contributed by atoms with E-state index in [0.717, 1.165) is 135 Å². The van der Waals surface area contributed by atoms with Crippen molar-refractivity contribution >= 4 is 0 Å². The molecular formula is C103H66N4O2. The quantitative estimate of drug-likeness (QED) is 0.143. The molecule has 22 rings (SSSR count). The second-order valence-electron chi connectivity index (χ2n) is 29.8. The number of hydrogen-bond donors (Lipinski definition) is 0. The fraction of sp³-hybridized carbons (Fsp3) is 0.0485. The molecule has 6 heteroatoms. The van der Waals surface area contributed by atoms with Gasteiger partial charge < -0.3 is 9.47 Å². The molecule has 3 aliphatic carbocycles. The number of rotatable bonds is 9. The molecule has 510 valence electrons. The fourth-order valence-corrected chi connectivity index (χ4v) is 18.6. The molecule has 2 aromatic heterocycles. The minimum atomic E-state index is -0.724. The van der Waals surface area contributed by atoms with Crippen LogP contribution in [-0.4, -0.2) is 19.9 Å². The SMILES string of the molecule is CC1(C)c2ccccc2-c2ccc(-c3cc(-c4ccc(-c5ccc6c(c5)Oc5ccccc5C65c6ccccc6-c6ccccc65)cc4)nc(-c4cccc(-c5ccc6c(c5)C5(c7ccccc7Oc7cc(-c8cccc(-c9cc(-c%10ccccc%10)nc(-c%10ccccc%10)n9)c8)ccc75)c5ccccc5-6)c4)n3)cc21. The van der Waals surface area contributed by atoms with Crippen LogP contribution in [-0.2, 0) is 16.2 Å². The summed E-state index contributed by atoms with van der Waals surface area (Å²) in [4.78, 5) is 21.4. The summed E-state index contributed by atoms with van der Waals surface area (Å²) < 4.78 is 14.1. The van der Waals surface area contributed by atoms with Gasteiger partial charge in [0.05, 0.1) is 33.6 Å². The molecule has 6 nitrogen and oxygen atoms in total. The Morgan fingerprint density at radius 3 is 1.06 bits per heavy atom. The number of aromatic nitrogens is 4. The maximum Gasteiger partial charge on any atom is 0.160 e. The van der Waals surface area contributed by atoms with E-state index in [2.05, 4.69) is 354 Å². The number of hydrogen-bond acceptors (Lipinski definition) is 6. The van der Waals surface area contributed by atoms with Crippen LogP contribution in [0, 0.1) is 0 Å². The van der Waals surface area contributed by atoms with Gasteiger partial charge in [-0.3, -0.25) is 0 Å². The Bertz CT molecular complexity index is 6550. The van der Waals surface area contributed by atoms with Crippen molar-refractivity contribution in [1.82, 2.24) is 19.9 Å². The van der Waals surface area contributed by atoms with Gasteiger partial charge in [-0.2, -0.15) is 0 Å². The number of benzene rings is 15. The third-order valence-electron chi connectivity index (χ3n) is 23.7. The Morgan fingerprint density at radius 2 is 0.495 bits per heavy atom. The molecular weight excluding hydrogens is 1330 g/mol. The third kappa shape index (κ3) is 9.47. The second-order valence-corrected chi connectivity index (χ2v) is 29.8. The molecule has 5 aliphatic rings. The number of fused-ring (bicyclic) bond motifs is 21. The van der Waals surface area contributed by atoms with Crippen molar-refractivity contribution in [3.8, 4) is 158 Å².